The Labute approximate surface area is 159 Å². The molecule has 0 aliphatic heterocycles. The summed E-state index contributed by atoms with van der Waals surface area (Å²) in [4.78, 5) is 0. The Bertz CT molecular complexity index is 196. The lowest BCUT2D eigenvalue weighted by Gasteiger charge is -2.19. The van der Waals surface area contributed by atoms with Gasteiger partial charge in [0.2, 0.25) is 0 Å². The lowest BCUT2D eigenvalue weighted by atomic mass is 10.1. The maximum absolute atomic E-state index is 6.01. The fraction of sp³-hybridized carbons (Fsp3) is 1.00. The van der Waals surface area contributed by atoms with E-state index in [9.17, 15) is 0 Å². The highest BCUT2D eigenvalue weighted by Gasteiger charge is 2.09. The van der Waals surface area contributed by atoms with Gasteiger partial charge in [0.15, 0.2) is 6.29 Å². The van der Waals surface area contributed by atoms with Crippen LogP contribution >= 0.6 is 22.6 Å². The van der Waals surface area contributed by atoms with Gasteiger partial charge in [0, 0.05) is 13.2 Å². The fourth-order valence-corrected chi connectivity index (χ4v) is 3.18. The standard InChI is InChI=1S/C20H41IO2/c1-3-5-7-9-14-18-22-20(16-12-11-13-17-21)23-19-15-10-8-6-4-2/h20H,3-19H2,1-2H3. The molecule has 0 rings (SSSR count). The van der Waals surface area contributed by atoms with E-state index in [1.54, 1.807) is 0 Å². The Hall–Kier alpha value is 0.650. The molecular formula is C20H41IO2. The van der Waals surface area contributed by atoms with Crippen LogP contribution in [0.1, 0.15) is 104 Å². The highest BCUT2D eigenvalue weighted by molar-refractivity contribution is 14.1. The third-order valence-corrected chi connectivity index (χ3v) is 4.94. The zero-order chi connectivity index (χ0) is 17.0. The molecule has 0 aromatic rings. The van der Waals surface area contributed by atoms with Gasteiger partial charge < -0.3 is 9.47 Å². The zero-order valence-corrected chi connectivity index (χ0v) is 18.0. The predicted molar refractivity (Wildman–Crippen MR) is 111 cm³/mol. The van der Waals surface area contributed by atoms with Crippen molar-refractivity contribution in [2.75, 3.05) is 17.6 Å². The third-order valence-electron chi connectivity index (χ3n) is 4.18. The number of rotatable bonds is 19. The van der Waals surface area contributed by atoms with Crippen LogP contribution in [0, 0.1) is 0 Å². The van der Waals surface area contributed by atoms with Gasteiger partial charge in [0.1, 0.15) is 0 Å². The van der Waals surface area contributed by atoms with Gasteiger partial charge in [0.25, 0.3) is 0 Å². The minimum absolute atomic E-state index is 0.0431. The van der Waals surface area contributed by atoms with E-state index < -0.39 is 0 Å². The quantitative estimate of drug-likeness (QED) is 0.0909. The summed E-state index contributed by atoms with van der Waals surface area (Å²) in [7, 11) is 0. The van der Waals surface area contributed by atoms with Crippen molar-refractivity contribution in [1.82, 2.24) is 0 Å². The molecule has 23 heavy (non-hydrogen) atoms. The Balaban J connectivity index is 3.70. The molecule has 0 aliphatic carbocycles. The van der Waals surface area contributed by atoms with E-state index in [0.717, 1.165) is 19.6 Å². The van der Waals surface area contributed by atoms with Crippen LogP contribution in [-0.4, -0.2) is 23.9 Å². The van der Waals surface area contributed by atoms with E-state index in [1.165, 1.54) is 87.9 Å². The first kappa shape index (κ1) is 23.6. The number of halogens is 1. The van der Waals surface area contributed by atoms with Crippen molar-refractivity contribution < 1.29 is 9.47 Å². The van der Waals surface area contributed by atoms with Gasteiger partial charge in [-0.15, -0.1) is 0 Å². The zero-order valence-electron chi connectivity index (χ0n) is 15.8. The van der Waals surface area contributed by atoms with Crippen molar-refractivity contribution in [2.45, 2.75) is 110 Å². The average Bonchev–Trinajstić information content (AvgIpc) is 2.57. The van der Waals surface area contributed by atoms with E-state index in [0.29, 0.717) is 0 Å². The largest absolute Gasteiger partial charge is 0.353 e. The highest BCUT2D eigenvalue weighted by atomic mass is 127. The topological polar surface area (TPSA) is 18.5 Å². The Morgan fingerprint density at radius 3 is 1.57 bits per heavy atom. The molecule has 3 heteroatoms. The lowest BCUT2D eigenvalue weighted by Crippen LogP contribution is -2.19. The van der Waals surface area contributed by atoms with Crippen molar-refractivity contribution in [1.29, 1.82) is 0 Å². The second kappa shape index (κ2) is 20.7. The smallest absolute Gasteiger partial charge is 0.157 e. The summed E-state index contributed by atoms with van der Waals surface area (Å²) in [5.74, 6) is 0. The van der Waals surface area contributed by atoms with Crippen LogP contribution in [-0.2, 0) is 9.47 Å². The Morgan fingerprint density at radius 2 is 1.09 bits per heavy atom. The first-order valence-corrected chi connectivity index (χ1v) is 11.7. The van der Waals surface area contributed by atoms with Crippen LogP contribution in [0.2, 0.25) is 0 Å². The molecule has 0 bridgehead atoms. The third kappa shape index (κ3) is 18.8. The molecular weight excluding hydrogens is 399 g/mol. The van der Waals surface area contributed by atoms with Gasteiger partial charge in [-0.05, 0) is 36.5 Å². The van der Waals surface area contributed by atoms with Crippen LogP contribution in [0.5, 0.6) is 0 Å². The summed E-state index contributed by atoms with van der Waals surface area (Å²) in [5, 5.41) is 0. The van der Waals surface area contributed by atoms with Crippen LogP contribution in [0.4, 0.5) is 0 Å². The lowest BCUT2D eigenvalue weighted by molar-refractivity contribution is -0.148. The molecule has 0 amide bonds. The highest BCUT2D eigenvalue weighted by Crippen LogP contribution is 2.12. The van der Waals surface area contributed by atoms with Gasteiger partial charge in [0.05, 0.1) is 0 Å². The molecule has 2 nitrogen and oxygen atoms in total. The minimum atomic E-state index is 0.0431. The molecule has 0 saturated heterocycles. The molecule has 0 fully saturated rings. The van der Waals surface area contributed by atoms with Gasteiger partial charge in [-0.2, -0.15) is 0 Å². The summed E-state index contributed by atoms with van der Waals surface area (Å²) in [6.07, 6.45) is 18.0. The summed E-state index contributed by atoms with van der Waals surface area (Å²) < 4.78 is 13.3. The first-order valence-electron chi connectivity index (χ1n) is 10.1. The second-order valence-electron chi connectivity index (χ2n) is 6.54. The van der Waals surface area contributed by atoms with Crippen LogP contribution < -0.4 is 0 Å². The molecule has 0 aliphatic rings. The molecule has 0 atom stereocenters. The van der Waals surface area contributed by atoms with Crippen molar-refractivity contribution in [3.63, 3.8) is 0 Å². The number of hydrogen-bond donors (Lipinski definition) is 0. The second-order valence-corrected chi connectivity index (χ2v) is 7.62. The molecule has 0 N–H and O–H groups in total. The van der Waals surface area contributed by atoms with Crippen molar-refractivity contribution in [3.8, 4) is 0 Å². The first-order chi connectivity index (χ1) is 11.3. The number of hydrogen-bond acceptors (Lipinski definition) is 2. The molecule has 140 valence electrons. The Morgan fingerprint density at radius 1 is 0.609 bits per heavy atom. The SMILES string of the molecule is CCCCCCCOC(CCCCCI)OCCCCCCC. The number of alkyl halides is 1. The van der Waals surface area contributed by atoms with E-state index in [4.69, 9.17) is 9.47 Å². The molecule has 0 aromatic heterocycles. The van der Waals surface area contributed by atoms with Crippen LogP contribution in [0.25, 0.3) is 0 Å². The predicted octanol–water partition coefficient (Wildman–Crippen LogP) is 7.28. The maximum atomic E-state index is 6.01. The number of unbranched alkanes of at least 4 members (excludes halogenated alkanes) is 10. The molecule has 0 spiro atoms. The fourth-order valence-electron chi connectivity index (χ4n) is 2.64. The van der Waals surface area contributed by atoms with Gasteiger partial charge >= 0.3 is 0 Å². The van der Waals surface area contributed by atoms with E-state index in [-0.39, 0.29) is 6.29 Å². The normalized spacial score (nSPS) is 11.5. The van der Waals surface area contributed by atoms with Crippen LogP contribution in [0.15, 0.2) is 0 Å². The number of ether oxygens (including phenoxy) is 2. The van der Waals surface area contributed by atoms with Crippen molar-refractivity contribution >= 4 is 22.6 Å². The van der Waals surface area contributed by atoms with E-state index in [2.05, 4.69) is 36.4 Å². The van der Waals surface area contributed by atoms with Gasteiger partial charge in [-0.3, -0.25) is 0 Å². The van der Waals surface area contributed by atoms with Gasteiger partial charge in [-0.25, -0.2) is 0 Å². The van der Waals surface area contributed by atoms with Crippen molar-refractivity contribution in [3.05, 3.63) is 0 Å². The summed E-state index contributed by atoms with van der Waals surface area (Å²) in [6.45, 7) is 6.26. The molecule has 0 saturated carbocycles. The molecule has 0 heterocycles. The van der Waals surface area contributed by atoms with E-state index in [1.807, 2.05) is 0 Å². The summed E-state index contributed by atoms with van der Waals surface area (Å²) in [5.41, 5.74) is 0. The monoisotopic (exact) mass is 440 g/mol. The molecule has 0 aromatic carbocycles. The Kier molecular flexibility index (Phi) is 21.3. The maximum Gasteiger partial charge on any atom is 0.157 e. The minimum Gasteiger partial charge on any atom is -0.353 e. The van der Waals surface area contributed by atoms with E-state index >= 15 is 0 Å². The van der Waals surface area contributed by atoms with Gasteiger partial charge in [-0.1, -0.05) is 94.2 Å². The summed E-state index contributed by atoms with van der Waals surface area (Å²) in [6, 6.07) is 0. The van der Waals surface area contributed by atoms with Crippen molar-refractivity contribution in [2.24, 2.45) is 0 Å². The molecule has 0 radical (unpaired) electrons. The average molecular weight is 440 g/mol. The van der Waals surface area contributed by atoms with Crippen LogP contribution in [0.3, 0.4) is 0 Å². The molecule has 0 unspecified atom stereocenters. The summed E-state index contributed by atoms with van der Waals surface area (Å²) >= 11 is 2.46.